The molecule has 0 saturated heterocycles. The molecule has 0 radical (unpaired) electrons. The van der Waals surface area contributed by atoms with E-state index >= 15 is 0 Å². The molecule has 2 aromatic carbocycles. The largest absolute Gasteiger partial charge is 0.306 e. The van der Waals surface area contributed by atoms with Gasteiger partial charge >= 0.3 is 0 Å². The molecule has 0 aliphatic carbocycles. The number of para-hydroxylation sites is 1. The molecule has 0 spiro atoms. The van der Waals surface area contributed by atoms with Gasteiger partial charge in [-0.05, 0) is 61.9 Å². The highest BCUT2D eigenvalue weighted by atomic mass is 15.5. The van der Waals surface area contributed by atoms with Crippen LogP contribution in [0.3, 0.4) is 0 Å². The Kier molecular flexibility index (Phi) is 8.13. The van der Waals surface area contributed by atoms with Crippen molar-refractivity contribution in [1.29, 1.82) is 0 Å². The van der Waals surface area contributed by atoms with Crippen molar-refractivity contribution in [2.24, 2.45) is 0 Å². The summed E-state index contributed by atoms with van der Waals surface area (Å²) in [6, 6.07) is 8.34. The van der Waals surface area contributed by atoms with Gasteiger partial charge in [-0.15, -0.1) is 6.42 Å². The summed E-state index contributed by atoms with van der Waals surface area (Å²) >= 11 is 0. The van der Waals surface area contributed by atoms with Gasteiger partial charge in [-0.25, -0.2) is 9.97 Å². The van der Waals surface area contributed by atoms with E-state index < -0.39 is 0 Å². The van der Waals surface area contributed by atoms with E-state index in [9.17, 15) is 0 Å². The maximum atomic E-state index is 5.83. The van der Waals surface area contributed by atoms with Crippen LogP contribution >= 0.6 is 0 Å². The number of allylic oxidation sites excluding steroid dienone is 7. The Morgan fingerprint density at radius 1 is 0.923 bits per heavy atom. The van der Waals surface area contributed by atoms with Crippen LogP contribution in [0.5, 0.6) is 0 Å². The Morgan fingerprint density at radius 3 is 2.23 bits per heavy atom. The molecule has 0 N–H and O–H groups in total. The van der Waals surface area contributed by atoms with Crippen LogP contribution in [0.1, 0.15) is 26.3 Å². The minimum absolute atomic E-state index is 0.0744. The van der Waals surface area contributed by atoms with Crippen molar-refractivity contribution >= 4 is 52.7 Å². The summed E-state index contributed by atoms with van der Waals surface area (Å²) in [5.41, 5.74) is 4.77. The zero-order valence-corrected chi connectivity index (χ0v) is 23.1. The first-order chi connectivity index (χ1) is 18.9. The molecule has 0 saturated carbocycles. The van der Waals surface area contributed by atoms with E-state index in [0.717, 1.165) is 60.5 Å². The molecule has 4 rings (SSSR count). The quantitative estimate of drug-likeness (QED) is 0.344. The van der Waals surface area contributed by atoms with Crippen molar-refractivity contribution in [3.8, 4) is 12.3 Å². The number of anilines is 3. The monoisotopic (exact) mass is 510 g/mol. The first-order valence-corrected chi connectivity index (χ1v) is 12.9. The standard InChI is InChI=1S/C35H34N4/c1-9-14-15-22-25(7)38-26(8)39(31-23-17-16-21-24(31)6)35-34(38)36-33-30(20-12-4)28(18-10-2)27(13-5)29(19-11-3)32(33)37-35/h3,9-10,12-23,26H,1-2,4H2,5-8H3/b15-14-,25-22+,27-13?,28-18-,29-19+,30-20+. The molecule has 4 heteroatoms. The van der Waals surface area contributed by atoms with E-state index in [1.165, 1.54) is 0 Å². The Morgan fingerprint density at radius 2 is 1.59 bits per heavy atom. The number of hydrogen-bond acceptors (Lipinski definition) is 4. The van der Waals surface area contributed by atoms with Crippen LogP contribution in [0.4, 0.5) is 17.3 Å². The first kappa shape index (κ1) is 27.2. The van der Waals surface area contributed by atoms with Crippen LogP contribution in [0.15, 0.2) is 86.2 Å². The predicted molar refractivity (Wildman–Crippen MR) is 169 cm³/mol. The predicted octanol–water partition coefficient (Wildman–Crippen LogP) is 5.04. The third-order valence-electron chi connectivity index (χ3n) is 6.87. The van der Waals surface area contributed by atoms with E-state index in [1.54, 1.807) is 24.3 Å². The van der Waals surface area contributed by atoms with E-state index in [1.807, 2.05) is 37.3 Å². The maximum absolute atomic E-state index is 5.83. The summed E-state index contributed by atoms with van der Waals surface area (Å²) in [5.74, 6) is 4.28. The van der Waals surface area contributed by atoms with Gasteiger partial charge in [-0.3, -0.25) is 0 Å². The van der Waals surface area contributed by atoms with E-state index in [-0.39, 0.29) is 6.17 Å². The van der Waals surface area contributed by atoms with Crippen LogP contribution in [0.2, 0.25) is 0 Å². The summed E-state index contributed by atoms with van der Waals surface area (Å²) in [7, 11) is 0. The number of aromatic nitrogens is 2. The third kappa shape index (κ3) is 4.76. The lowest BCUT2D eigenvalue weighted by Gasteiger charge is -2.30. The van der Waals surface area contributed by atoms with E-state index in [2.05, 4.69) is 86.6 Å². The molecule has 3 aromatic rings. The molecule has 194 valence electrons. The van der Waals surface area contributed by atoms with Crippen LogP contribution in [0.25, 0.3) is 35.3 Å². The molecule has 1 unspecified atom stereocenters. The lowest BCUT2D eigenvalue weighted by molar-refractivity contribution is 0.726. The van der Waals surface area contributed by atoms with Crippen molar-refractivity contribution in [3.63, 3.8) is 0 Å². The summed E-state index contributed by atoms with van der Waals surface area (Å²) in [6.07, 6.45) is 24.8. The molecule has 0 amide bonds. The number of benzene rings is 2. The number of nitrogens with zero attached hydrogens (tertiary/aromatic N) is 4. The smallest absolute Gasteiger partial charge is 0.179 e. The van der Waals surface area contributed by atoms with Gasteiger partial charge in [-0.2, -0.15) is 0 Å². The van der Waals surface area contributed by atoms with Crippen molar-refractivity contribution in [2.45, 2.75) is 33.9 Å². The molecular formula is C35H34N4. The summed E-state index contributed by atoms with van der Waals surface area (Å²) in [5, 5.41) is 3.74. The van der Waals surface area contributed by atoms with Gasteiger partial charge in [0, 0.05) is 21.8 Å². The molecule has 39 heavy (non-hydrogen) atoms. The lowest BCUT2D eigenvalue weighted by Crippen LogP contribution is -2.49. The van der Waals surface area contributed by atoms with Crippen LogP contribution < -0.4 is 30.7 Å². The molecule has 1 atom stereocenters. The fraction of sp³-hybridized carbons (Fsp3) is 0.143. The highest BCUT2D eigenvalue weighted by Gasteiger charge is 2.38. The zero-order valence-electron chi connectivity index (χ0n) is 23.1. The van der Waals surface area contributed by atoms with Crippen LogP contribution in [-0.2, 0) is 0 Å². The van der Waals surface area contributed by atoms with Gasteiger partial charge < -0.3 is 9.80 Å². The maximum Gasteiger partial charge on any atom is 0.179 e. The van der Waals surface area contributed by atoms with Gasteiger partial charge in [0.1, 0.15) is 11.7 Å². The molecule has 0 bridgehead atoms. The fourth-order valence-electron chi connectivity index (χ4n) is 5.22. The Balaban J connectivity index is 2.26. The minimum atomic E-state index is -0.0744. The molecule has 1 aromatic heterocycles. The molecule has 2 heterocycles. The van der Waals surface area contributed by atoms with E-state index in [0.29, 0.717) is 0 Å². The second-order valence-electron chi connectivity index (χ2n) is 9.21. The highest BCUT2D eigenvalue weighted by molar-refractivity contribution is 5.89. The highest BCUT2D eigenvalue weighted by Crippen LogP contribution is 2.44. The van der Waals surface area contributed by atoms with Gasteiger partial charge in [0.05, 0.1) is 5.52 Å². The summed E-state index contributed by atoms with van der Waals surface area (Å²) in [6.45, 7) is 20.1. The summed E-state index contributed by atoms with van der Waals surface area (Å²) in [4.78, 5) is 15.1. The normalized spacial score (nSPS) is 17.3. The first-order valence-electron chi connectivity index (χ1n) is 12.9. The van der Waals surface area contributed by atoms with Crippen LogP contribution in [-0.4, -0.2) is 16.1 Å². The number of terminal acetylenes is 1. The topological polar surface area (TPSA) is 32.3 Å². The average molecular weight is 511 g/mol. The summed E-state index contributed by atoms with van der Waals surface area (Å²) < 4.78 is 0. The zero-order chi connectivity index (χ0) is 28.1. The molecule has 0 fully saturated rings. The van der Waals surface area contributed by atoms with Gasteiger partial charge in [0.25, 0.3) is 0 Å². The second kappa shape index (κ2) is 11.7. The van der Waals surface area contributed by atoms with E-state index in [4.69, 9.17) is 16.4 Å². The Hall–Kier alpha value is -4.88. The third-order valence-corrected chi connectivity index (χ3v) is 6.87. The lowest BCUT2D eigenvalue weighted by atomic mass is 10.1. The fourth-order valence-corrected chi connectivity index (χ4v) is 5.22. The van der Waals surface area contributed by atoms with Crippen molar-refractivity contribution in [1.82, 2.24) is 9.97 Å². The number of fused-ring (bicyclic) bond motifs is 2. The Bertz CT molecular complexity index is 1830. The minimum Gasteiger partial charge on any atom is -0.306 e. The molecule has 1 aliphatic heterocycles. The molecular weight excluding hydrogens is 476 g/mol. The van der Waals surface area contributed by atoms with Crippen molar-refractivity contribution in [3.05, 3.63) is 113 Å². The van der Waals surface area contributed by atoms with Gasteiger partial charge in [-0.1, -0.05) is 92.5 Å². The van der Waals surface area contributed by atoms with Gasteiger partial charge in [0.2, 0.25) is 0 Å². The molecule has 1 aliphatic rings. The SMILES string of the molecule is C#C/C=c1\c(=CC)c(=C/C=C)/c(=C\C=C)c2nc3c(nc12)N(c1ccccc1C)C(C)N3/C(C)=C/C=C\C=C. The molecule has 4 nitrogen and oxygen atoms in total. The van der Waals surface area contributed by atoms with Gasteiger partial charge in [0.15, 0.2) is 11.6 Å². The van der Waals surface area contributed by atoms with Crippen molar-refractivity contribution < 1.29 is 0 Å². The number of rotatable bonds is 6. The van der Waals surface area contributed by atoms with Crippen LogP contribution in [0, 0.1) is 19.3 Å². The van der Waals surface area contributed by atoms with Crippen molar-refractivity contribution in [2.75, 3.05) is 9.80 Å². The Labute approximate surface area is 231 Å². The average Bonchev–Trinajstić information content (AvgIpc) is 3.21. The number of aryl methyl sites for hydroxylation is 1. The number of hydrogen-bond donors (Lipinski definition) is 0. The second-order valence-corrected chi connectivity index (χ2v) is 9.21.